The minimum atomic E-state index is -2.20. The molecule has 0 amide bonds. The fourth-order valence-electron chi connectivity index (χ4n) is 17.8. The van der Waals surface area contributed by atoms with Crippen molar-refractivity contribution in [2.75, 3.05) is 26.4 Å². The van der Waals surface area contributed by atoms with Gasteiger partial charge in [0.05, 0.1) is 55.6 Å². The van der Waals surface area contributed by atoms with Gasteiger partial charge in [0.25, 0.3) is 0 Å². The summed E-state index contributed by atoms with van der Waals surface area (Å²) in [6.45, 7) is 13.6. The summed E-state index contributed by atoms with van der Waals surface area (Å²) in [5.41, 5.74) is -6.36. The third kappa shape index (κ3) is 11.1. The first-order valence-electron chi connectivity index (χ1n) is 31.0. The van der Waals surface area contributed by atoms with Gasteiger partial charge in [-0.3, -0.25) is 14.4 Å². The van der Waals surface area contributed by atoms with Gasteiger partial charge < -0.3 is 124 Å². The molecule has 28 heteroatoms. The van der Waals surface area contributed by atoms with Crippen LogP contribution in [-0.2, 0) is 66.5 Å². The molecular weight excluding hydrogens is 1170 g/mol. The van der Waals surface area contributed by atoms with E-state index in [-0.39, 0.29) is 17.8 Å². The molecule has 0 radical (unpaired) electrons. The molecule has 9 fully saturated rings. The number of rotatable bonds is 14. The molecule has 5 aliphatic heterocycles. The molecule has 88 heavy (non-hydrogen) atoms. The Labute approximate surface area is 509 Å². The van der Waals surface area contributed by atoms with E-state index >= 15 is 4.79 Å². The smallest absolute Gasteiger partial charge is 0.315 e. The third-order valence-corrected chi connectivity index (χ3v) is 23.1. The first-order chi connectivity index (χ1) is 41.1. The molecule has 0 aromatic carbocycles. The van der Waals surface area contributed by atoms with Crippen molar-refractivity contribution >= 4 is 17.9 Å². The molecule has 10 rings (SSSR count). The number of allylic oxidation sites excluding steroid dienone is 2. The van der Waals surface area contributed by atoms with Crippen molar-refractivity contribution in [2.45, 2.75) is 267 Å². The van der Waals surface area contributed by atoms with E-state index in [4.69, 9.17) is 52.1 Å². The molecule has 2 unspecified atom stereocenters. The quantitative estimate of drug-likeness (QED) is 0.0495. The number of esters is 2. The first-order valence-corrected chi connectivity index (χ1v) is 31.0. The summed E-state index contributed by atoms with van der Waals surface area (Å²) in [6, 6.07) is 0. The Hall–Kier alpha value is -2.73. The highest BCUT2D eigenvalue weighted by Gasteiger charge is 2.73. The van der Waals surface area contributed by atoms with E-state index < -0.39 is 230 Å². The normalized spacial score (nSPS) is 53.5. The molecule has 5 aliphatic carbocycles. The Balaban J connectivity index is 0.935. The monoisotopic (exact) mass is 1260 g/mol. The Kier molecular flexibility index (Phi) is 19.0. The van der Waals surface area contributed by atoms with E-state index in [9.17, 15) is 81.1 Å². The van der Waals surface area contributed by atoms with Gasteiger partial charge in [0.2, 0.25) is 6.29 Å². The van der Waals surface area contributed by atoms with Gasteiger partial charge in [-0.2, -0.15) is 0 Å². The van der Waals surface area contributed by atoms with E-state index in [1.165, 1.54) is 20.8 Å². The highest BCUT2D eigenvalue weighted by Crippen LogP contribution is 2.76. The number of hydrogen-bond donors (Lipinski definition) is 14. The minimum Gasteiger partial charge on any atom is -0.481 e. The number of fused-ring (bicyclic) bond motifs is 7. The van der Waals surface area contributed by atoms with Crippen LogP contribution in [0.2, 0.25) is 0 Å². The van der Waals surface area contributed by atoms with Gasteiger partial charge >= 0.3 is 17.9 Å². The van der Waals surface area contributed by atoms with Crippen LogP contribution in [0.1, 0.15) is 120 Å². The molecule has 0 bridgehead atoms. The van der Waals surface area contributed by atoms with Gasteiger partial charge in [-0.05, 0) is 118 Å². The molecule has 4 saturated carbocycles. The Bertz CT molecular complexity index is 2570. The molecule has 28 nitrogen and oxygen atoms in total. The van der Waals surface area contributed by atoms with Gasteiger partial charge in [0.1, 0.15) is 85.0 Å². The van der Waals surface area contributed by atoms with E-state index in [0.29, 0.717) is 51.4 Å². The zero-order valence-corrected chi connectivity index (χ0v) is 51.3. The second-order valence-corrected chi connectivity index (χ2v) is 28.8. The van der Waals surface area contributed by atoms with Crippen LogP contribution in [0.5, 0.6) is 0 Å². The third-order valence-electron chi connectivity index (χ3n) is 23.1. The van der Waals surface area contributed by atoms with Crippen LogP contribution in [0.4, 0.5) is 0 Å². The van der Waals surface area contributed by atoms with Crippen molar-refractivity contribution in [1.82, 2.24) is 0 Å². The molecule has 0 aromatic rings. The van der Waals surface area contributed by atoms with Crippen LogP contribution in [-0.4, -0.2) is 263 Å². The van der Waals surface area contributed by atoms with Crippen molar-refractivity contribution in [3.63, 3.8) is 0 Å². The van der Waals surface area contributed by atoms with Gasteiger partial charge in [-0.15, -0.1) is 0 Å². The molecule has 32 atom stereocenters. The van der Waals surface area contributed by atoms with Crippen molar-refractivity contribution < 1.29 is 138 Å². The maximum absolute atomic E-state index is 15.8. The lowest BCUT2D eigenvalue weighted by Crippen LogP contribution is -2.70. The molecule has 502 valence electrons. The van der Waals surface area contributed by atoms with E-state index in [1.807, 2.05) is 6.92 Å². The molecule has 5 heterocycles. The van der Waals surface area contributed by atoms with Gasteiger partial charge in [0.15, 0.2) is 37.4 Å². The number of carboxylic acids is 1. The number of aliphatic hydroxyl groups excluding tert-OH is 12. The predicted molar refractivity (Wildman–Crippen MR) is 294 cm³/mol. The minimum absolute atomic E-state index is 0.0926. The second-order valence-electron chi connectivity index (χ2n) is 28.8. The molecule has 10 aliphatic rings. The standard InChI is InChI=1S/C60H94O28/c1-24-41(82-26(3)63)39(71)44(86-49-40(72)43(85-51-45(73)60(77,22-62)23-79-51)42(25(2)80-49)84-47-37(69)34(66)30(65)21-78-47)50(81-24)88-53(76)59-16-14-54(4,5)18-28(59)27-10-11-32-55(6)19-29(64)46(87-48-38(70)36(68)35(67)31(20-61)83-48)58(9,52(74)75)33(55)12-13-57(32,8)56(27,7)15-17-59/h10,24-25,28-51,61-62,64-73,77H,11-23H2,1-9H3,(H,74,75)/t24-,25+,28+,29+,30-,31-,32?,33?,34+,35-,36+,37-,38-,39+,40-,41-,42+,43+,44-,45+,46+,47+,48+,49+,50+,51+,55-,56-,57-,58+,59+,60-/m1/s1. The summed E-state index contributed by atoms with van der Waals surface area (Å²) in [5, 5.41) is 153. The fourth-order valence-corrected chi connectivity index (χ4v) is 17.8. The van der Waals surface area contributed by atoms with Gasteiger partial charge in [-0.1, -0.05) is 46.3 Å². The second kappa shape index (κ2) is 24.6. The summed E-state index contributed by atoms with van der Waals surface area (Å²) < 4.78 is 66.2. The van der Waals surface area contributed by atoms with Crippen molar-refractivity contribution in [2.24, 2.45) is 50.2 Å². The lowest BCUT2D eigenvalue weighted by molar-refractivity contribution is -0.384. The van der Waals surface area contributed by atoms with Crippen molar-refractivity contribution in [3.05, 3.63) is 11.6 Å². The average Bonchev–Trinajstić information content (AvgIpc) is 1.59. The zero-order chi connectivity index (χ0) is 64.5. The molecule has 0 aromatic heterocycles. The average molecular weight is 1260 g/mol. The molecule has 5 saturated heterocycles. The number of carbonyl (C=O) groups is 3. The number of aliphatic hydroxyl groups is 13. The molecular formula is C60H94O28. The number of carboxylic acid groups (broad SMARTS) is 1. The van der Waals surface area contributed by atoms with Gasteiger partial charge in [-0.25, -0.2) is 0 Å². The Morgan fingerprint density at radius 2 is 1.24 bits per heavy atom. The highest BCUT2D eigenvalue weighted by atomic mass is 16.8. The van der Waals surface area contributed by atoms with E-state index in [1.54, 1.807) is 0 Å². The van der Waals surface area contributed by atoms with Gasteiger partial charge in [0, 0.05) is 6.92 Å². The maximum Gasteiger partial charge on any atom is 0.315 e. The summed E-state index contributed by atoms with van der Waals surface area (Å²) in [7, 11) is 0. The summed E-state index contributed by atoms with van der Waals surface area (Å²) in [4.78, 5) is 42.1. The molecule has 14 N–H and O–H groups in total. The number of hydrogen-bond acceptors (Lipinski definition) is 27. The van der Waals surface area contributed by atoms with Crippen LogP contribution in [0, 0.1) is 50.2 Å². The van der Waals surface area contributed by atoms with Crippen LogP contribution >= 0.6 is 0 Å². The number of ether oxygens (including phenoxy) is 11. The number of aliphatic carboxylic acids is 1. The lowest BCUT2D eigenvalue weighted by atomic mass is 9.33. The van der Waals surface area contributed by atoms with Crippen molar-refractivity contribution in [1.29, 1.82) is 0 Å². The van der Waals surface area contributed by atoms with E-state index in [0.717, 1.165) is 12.5 Å². The SMILES string of the molecule is CC(=O)O[C@H]1[C@H](O)[C@@H](O[C@@H]2O[C@@H](C)[C@H](O[C@@H]3OC[C@@H](O)[C@H](O)[C@H]3O)[C@@H](O[C@@H]3OC[C@](O)(CO)[C@H]3O)[C@H]2O)[C@H](OC(=O)[C@]23CCC(C)(C)C[C@H]2C2=CCC4[C@@]5(C)C[C@H](O)[C@H](O[C@@H]6O[C@H](CO)[C@@H](O)[C@H](O)[C@H]6O)[C@@](C)(C(=O)O)C5CC[C@@]4(C)[C@]2(C)CC3)O[C@@H]1C. The van der Waals surface area contributed by atoms with Crippen LogP contribution in [0.15, 0.2) is 11.6 Å². The van der Waals surface area contributed by atoms with E-state index in [2.05, 4.69) is 33.8 Å². The predicted octanol–water partition coefficient (Wildman–Crippen LogP) is -2.27. The van der Waals surface area contributed by atoms with Crippen LogP contribution in [0.3, 0.4) is 0 Å². The zero-order valence-electron chi connectivity index (χ0n) is 51.3. The number of carbonyl (C=O) groups excluding carboxylic acids is 2. The topological polar surface area (TPSA) is 436 Å². The van der Waals surface area contributed by atoms with Crippen molar-refractivity contribution in [3.8, 4) is 0 Å². The maximum atomic E-state index is 15.8. The summed E-state index contributed by atoms with van der Waals surface area (Å²) in [6.07, 6.45) is -31.8. The van der Waals surface area contributed by atoms with Crippen LogP contribution in [0.25, 0.3) is 0 Å². The molecule has 0 spiro atoms. The Morgan fingerprint density at radius 3 is 1.89 bits per heavy atom. The summed E-state index contributed by atoms with van der Waals surface area (Å²) >= 11 is 0. The summed E-state index contributed by atoms with van der Waals surface area (Å²) in [5.74, 6) is -3.96. The largest absolute Gasteiger partial charge is 0.481 e. The highest BCUT2D eigenvalue weighted by molar-refractivity contribution is 5.79. The Morgan fingerprint density at radius 1 is 0.614 bits per heavy atom. The fraction of sp³-hybridized carbons (Fsp3) is 0.917. The van der Waals surface area contributed by atoms with Crippen LogP contribution < -0.4 is 0 Å². The lowest BCUT2D eigenvalue weighted by Gasteiger charge is -2.71. The first kappa shape index (κ1) is 68.1.